The smallest absolute Gasteiger partial charge is 0.211 e. The van der Waals surface area contributed by atoms with Gasteiger partial charge in [0.2, 0.25) is 10.0 Å². The lowest BCUT2D eigenvalue weighted by molar-refractivity contribution is 0.0663. The first-order valence-electron chi connectivity index (χ1n) is 6.77. The summed E-state index contributed by atoms with van der Waals surface area (Å²) in [5, 5.41) is 3.41. The van der Waals surface area contributed by atoms with Gasteiger partial charge in [0.05, 0.1) is 6.26 Å². The molecular formula is C12H26N2O3S. The van der Waals surface area contributed by atoms with Gasteiger partial charge in [0.1, 0.15) is 0 Å². The summed E-state index contributed by atoms with van der Waals surface area (Å²) in [7, 11) is -3.03. The van der Waals surface area contributed by atoms with Gasteiger partial charge in [0.25, 0.3) is 0 Å². The quantitative estimate of drug-likeness (QED) is 0.663. The Hall–Kier alpha value is -0.170. The molecule has 1 N–H and O–H groups in total. The second-order valence-corrected chi connectivity index (χ2v) is 6.85. The van der Waals surface area contributed by atoms with Gasteiger partial charge in [0.15, 0.2) is 0 Å². The van der Waals surface area contributed by atoms with Crippen molar-refractivity contribution in [2.45, 2.75) is 26.2 Å². The summed E-state index contributed by atoms with van der Waals surface area (Å²) in [6.07, 6.45) is 4.41. The number of hydrogen-bond acceptors (Lipinski definition) is 4. The molecule has 0 atom stereocenters. The van der Waals surface area contributed by atoms with Gasteiger partial charge >= 0.3 is 0 Å². The third-order valence-corrected chi connectivity index (χ3v) is 4.74. The van der Waals surface area contributed by atoms with Crippen LogP contribution in [-0.2, 0) is 14.8 Å². The van der Waals surface area contributed by atoms with E-state index in [9.17, 15) is 8.42 Å². The Morgan fingerprint density at radius 1 is 1.33 bits per heavy atom. The van der Waals surface area contributed by atoms with E-state index < -0.39 is 10.0 Å². The highest BCUT2D eigenvalue weighted by molar-refractivity contribution is 7.88. The van der Waals surface area contributed by atoms with E-state index in [4.69, 9.17) is 4.74 Å². The number of nitrogens with one attached hydrogen (secondary N) is 1. The molecule has 18 heavy (non-hydrogen) atoms. The van der Waals surface area contributed by atoms with E-state index in [0.29, 0.717) is 13.1 Å². The molecular weight excluding hydrogens is 252 g/mol. The lowest BCUT2D eigenvalue weighted by Crippen LogP contribution is -2.33. The van der Waals surface area contributed by atoms with Gasteiger partial charge in [-0.15, -0.1) is 0 Å². The zero-order valence-electron chi connectivity index (χ0n) is 11.5. The van der Waals surface area contributed by atoms with Gasteiger partial charge < -0.3 is 10.1 Å². The fraction of sp³-hybridized carbons (Fsp3) is 1.00. The minimum atomic E-state index is -3.03. The molecule has 1 heterocycles. The molecule has 1 aliphatic rings. The molecule has 0 aromatic carbocycles. The number of sulfonamides is 1. The predicted molar refractivity (Wildman–Crippen MR) is 73.1 cm³/mol. The van der Waals surface area contributed by atoms with Crippen molar-refractivity contribution in [2.24, 2.45) is 5.92 Å². The second-order valence-electron chi connectivity index (χ2n) is 4.87. The van der Waals surface area contributed by atoms with Gasteiger partial charge in [-0.1, -0.05) is 6.92 Å². The molecule has 0 saturated carbocycles. The van der Waals surface area contributed by atoms with Gasteiger partial charge in [-0.05, 0) is 38.3 Å². The molecule has 0 unspecified atom stereocenters. The molecule has 5 nitrogen and oxygen atoms in total. The Bertz CT molecular complexity index is 313. The molecule has 0 spiro atoms. The summed E-state index contributed by atoms with van der Waals surface area (Å²) < 4.78 is 29.6. The average molecular weight is 278 g/mol. The van der Waals surface area contributed by atoms with Crippen LogP contribution in [0.5, 0.6) is 0 Å². The zero-order chi connectivity index (χ0) is 13.4. The van der Waals surface area contributed by atoms with Crippen molar-refractivity contribution in [1.82, 2.24) is 9.62 Å². The first kappa shape index (κ1) is 15.9. The molecule has 0 aromatic heterocycles. The van der Waals surface area contributed by atoms with E-state index in [0.717, 1.165) is 51.5 Å². The summed E-state index contributed by atoms with van der Waals surface area (Å²) in [6, 6.07) is 0. The Kier molecular flexibility index (Phi) is 7.14. The summed E-state index contributed by atoms with van der Waals surface area (Å²) in [5.41, 5.74) is 0. The molecule has 6 heteroatoms. The van der Waals surface area contributed by atoms with E-state index in [2.05, 4.69) is 5.32 Å². The SMILES string of the molecule is CCN(CCCNCC1CCOCC1)S(C)(=O)=O. The highest BCUT2D eigenvalue weighted by Gasteiger charge is 2.14. The molecule has 0 aliphatic carbocycles. The summed E-state index contributed by atoms with van der Waals surface area (Å²) >= 11 is 0. The van der Waals surface area contributed by atoms with Crippen LogP contribution in [0.15, 0.2) is 0 Å². The van der Waals surface area contributed by atoms with E-state index in [1.165, 1.54) is 10.6 Å². The largest absolute Gasteiger partial charge is 0.381 e. The second kappa shape index (κ2) is 8.09. The van der Waals surface area contributed by atoms with Crippen LogP contribution in [0.25, 0.3) is 0 Å². The summed E-state index contributed by atoms with van der Waals surface area (Å²) in [6.45, 7) is 6.69. The number of rotatable bonds is 8. The van der Waals surface area contributed by atoms with Crippen molar-refractivity contribution in [3.8, 4) is 0 Å². The van der Waals surface area contributed by atoms with Crippen LogP contribution < -0.4 is 5.32 Å². The summed E-state index contributed by atoms with van der Waals surface area (Å²) in [5.74, 6) is 0.718. The van der Waals surface area contributed by atoms with Crippen molar-refractivity contribution in [3.05, 3.63) is 0 Å². The van der Waals surface area contributed by atoms with Crippen LogP contribution in [0.3, 0.4) is 0 Å². The molecule has 1 rings (SSSR count). The maximum atomic E-state index is 11.4. The minimum Gasteiger partial charge on any atom is -0.381 e. The van der Waals surface area contributed by atoms with E-state index in [1.807, 2.05) is 6.92 Å². The molecule has 1 saturated heterocycles. The summed E-state index contributed by atoms with van der Waals surface area (Å²) in [4.78, 5) is 0. The van der Waals surface area contributed by atoms with Crippen molar-refractivity contribution < 1.29 is 13.2 Å². The van der Waals surface area contributed by atoms with Crippen molar-refractivity contribution in [1.29, 1.82) is 0 Å². The Morgan fingerprint density at radius 2 is 2.00 bits per heavy atom. The highest BCUT2D eigenvalue weighted by atomic mass is 32.2. The Labute approximate surface area is 111 Å². The fourth-order valence-corrected chi connectivity index (χ4v) is 3.13. The first-order chi connectivity index (χ1) is 8.54. The maximum Gasteiger partial charge on any atom is 0.211 e. The van der Waals surface area contributed by atoms with Crippen molar-refractivity contribution >= 4 is 10.0 Å². The molecule has 0 radical (unpaired) electrons. The first-order valence-corrected chi connectivity index (χ1v) is 8.62. The number of hydrogen-bond donors (Lipinski definition) is 1. The standard InChI is InChI=1S/C12H26N2O3S/c1-3-14(18(2,15)16)8-4-7-13-11-12-5-9-17-10-6-12/h12-13H,3-11H2,1-2H3. The Balaban J connectivity index is 2.07. The fourth-order valence-electron chi connectivity index (χ4n) is 2.20. The van der Waals surface area contributed by atoms with Crippen LogP contribution in [0.4, 0.5) is 0 Å². The average Bonchev–Trinajstić information content (AvgIpc) is 2.33. The van der Waals surface area contributed by atoms with E-state index in [1.54, 1.807) is 0 Å². The molecule has 108 valence electrons. The van der Waals surface area contributed by atoms with Gasteiger partial charge in [0, 0.05) is 26.3 Å². The normalized spacial score (nSPS) is 18.4. The van der Waals surface area contributed by atoms with Crippen molar-refractivity contribution in [3.63, 3.8) is 0 Å². The molecule has 0 bridgehead atoms. The third kappa shape index (κ3) is 6.13. The van der Waals surface area contributed by atoms with Crippen LogP contribution in [0.2, 0.25) is 0 Å². The monoisotopic (exact) mass is 278 g/mol. The molecule has 0 aromatic rings. The van der Waals surface area contributed by atoms with Crippen LogP contribution >= 0.6 is 0 Å². The topological polar surface area (TPSA) is 58.6 Å². The number of nitrogens with zero attached hydrogens (tertiary/aromatic N) is 1. The maximum absolute atomic E-state index is 11.4. The zero-order valence-corrected chi connectivity index (χ0v) is 12.3. The highest BCUT2D eigenvalue weighted by Crippen LogP contribution is 2.12. The van der Waals surface area contributed by atoms with Crippen LogP contribution in [-0.4, -0.2) is 58.4 Å². The van der Waals surface area contributed by atoms with Gasteiger partial charge in [-0.3, -0.25) is 0 Å². The van der Waals surface area contributed by atoms with Crippen molar-refractivity contribution in [2.75, 3.05) is 45.6 Å². The molecule has 0 amide bonds. The van der Waals surface area contributed by atoms with Crippen LogP contribution in [0, 0.1) is 5.92 Å². The number of ether oxygens (including phenoxy) is 1. The molecule has 1 aliphatic heterocycles. The predicted octanol–water partition coefficient (Wildman–Crippen LogP) is 0.674. The van der Waals surface area contributed by atoms with Gasteiger partial charge in [-0.25, -0.2) is 12.7 Å². The lowest BCUT2D eigenvalue weighted by atomic mass is 10.0. The Morgan fingerprint density at radius 3 is 2.56 bits per heavy atom. The molecule has 1 fully saturated rings. The minimum absolute atomic E-state index is 0.554. The van der Waals surface area contributed by atoms with Gasteiger partial charge in [-0.2, -0.15) is 0 Å². The lowest BCUT2D eigenvalue weighted by Gasteiger charge is -2.22. The third-order valence-electron chi connectivity index (χ3n) is 3.36. The van der Waals surface area contributed by atoms with E-state index in [-0.39, 0.29) is 0 Å². The van der Waals surface area contributed by atoms with Crippen LogP contribution in [0.1, 0.15) is 26.2 Å². The van der Waals surface area contributed by atoms with E-state index >= 15 is 0 Å².